The maximum atomic E-state index is 14.6. The average Bonchev–Trinajstić information content (AvgIpc) is 0.740. The van der Waals surface area contributed by atoms with Gasteiger partial charge in [-0.1, -0.05) is 55.4 Å². The Balaban J connectivity index is 1.78. The standard InChI is InChI=1S/C93H165N25O21S/c1-50(2)38-68(88(135)106-54(9)78(125)101-36-30-76(123)108-72(77(100)124)48-140-49-103-58(13)119)117-84(131)64(24-16-20-34-96)109-86(133)66(26-28-73(98)120)114-83(130)63(23-15-19-33-95)112-91(138)71(41-53(7)8)116-81(128)57(12)105-79(126)56(11)107-89(136)69(39-51(3)4)118-85(132)65(25-17-21-35-97)110-87(134)67(27-29-74(99)121)113-82(129)62(22-14-18-32-94)111-90(137)70(40-52(5)6)115-80(127)55(10)104-75(122)31-37-102-92(139)93-45-59-42-60(46-93)44-61(43-59)47-93/h50-57,59-72H,14-49,94-97H2,1-13H3,(H2,98,120)(H2,99,121)(H2,100,124)(H,101,125)(H,102,139)(H,103,119)(H,104,122)(H,105,126)(H,106,135)(H,107,136)(H,108,123)(H,109,133)(H,110,134)(H,111,137)(H,112,138)(H,113,129)(H,114,130)(H,115,127)(H,116,128)(H,117,131)(H,118,132)/t54-,55-,56-,57-,59?,60?,61?,62-,63-,64-,65-,66-,67-,68-,69-,70-,71-,72-,93?/m0/s1. The number of nitrogens with one attached hydrogen (secondary N) is 18. The molecule has 0 aromatic heterocycles. The minimum absolute atomic E-state index is 0.0169. The first-order valence-corrected chi connectivity index (χ1v) is 50.7. The van der Waals surface area contributed by atoms with Crippen LogP contribution in [0.25, 0.3) is 0 Å². The minimum Gasteiger partial charge on any atom is -0.370 e. The Morgan fingerprint density at radius 1 is 0.286 bits per heavy atom. The van der Waals surface area contributed by atoms with Gasteiger partial charge in [0.25, 0.3) is 0 Å². The Morgan fingerprint density at radius 3 is 0.843 bits per heavy atom. The monoisotopic (exact) mass is 2000 g/mol. The summed E-state index contributed by atoms with van der Waals surface area (Å²) in [6.45, 7) is 21.5. The summed E-state index contributed by atoms with van der Waals surface area (Å²) in [7, 11) is 0. The van der Waals surface area contributed by atoms with Crippen molar-refractivity contribution in [2.75, 3.05) is 50.9 Å². The van der Waals surface area contributed by atoms with Crippen LogP contribution in [0.2, 0.25) is 0 Å². The lowest BCUT2D eigenvalue weighted by Crippen LogP contribution is -2.60. The van der Waals surface area contributed by atoms with E-state index in [1.807, 2.05) is 13.8 Å². The van der Waals surface area contributed by atoms with Crippen LogP contribution in [0, 0.1) is 46.8 Å². The average molecular weight is 2000 g/mol. The van der Waals surface area contributed by atoms with Crippen molar-refractivity contribution < 1.29 is 101 Å². The number of unbranched alkanes of at least 4 members (excludes halogenated alkanes) is 4. The number of rotatable bonds is 71. The largest absolute Gasteiger partial charge is 0.370 e. The van der Waals surface area contributed by atoms with Gasteiger partial charge < -0.3 is 136 Å². The third-order valence-corrected chi connectivity index (χ3v) is 25.4. The Bertz CT molecular complexity index is 4090. The van der Waals surface area contributed by atoms with Gasteiger partial charge in [0.1, 0.15) is 90.6 Å². The minimum atomic E-state index is -1.60. The molecule has 0 radical (unpaired) electrons. The van der Waals surface area contributed by atoms with Crippen LogP contribution in [0.15, 0.2) is 0 Å². The highest BCUT2D eigenvalue weighted by molar-refractivity contribution is 7.99. The van der Waals surface area contributed by atoms with Gasteiger partial charge in [-0.2, -0.15) is 0 Å². The van der Waals surface area contributed by atoms with Gasteiger partial charge in [0, 0.05) is 56.9 Å². The molecule has 21 amide bonds. The van der Waals surface area contributed by atoms with E-state index >= 15 is 0 Å². The second-order valence-corrected chi connectivity index (χ2v) is 40.3. The number of carbonyl (C=O) groups excluding carboxylic acids is 21. The molecule has 0 saturated heterocycles. The van der Waals surface area contributed by atoms with E-state index in [0.717, 1.165) is 50.3 Å². The number of thioether (sulfide) groups is 1. The van der Waals surface area contributed by atoms with Crippen molar-refractivity contribution in [2.45, 2.75) is 360 Å². The van der Waals surface area contributed by atoms with Crippen LogP contribution in [-0.2, 0) is 101 Å². The molecule has 0 aliphatic heterocycles. The molecule has 0 aromatic rings. The number of nitrogens with two attached hydrogens (primary N) is 7. The molecule has 0 unspecified atom stereocenters. The zero-order chi connectivity index (χ0) is 105. The number of hydrogen-bond donors (Lipinski definition) is 25. The van der Waals surface area contributed by atoms with Gasteiger partial charge >= 0.3 is 0 Å². The highest BCUT2D eigenvalue weighted by Crippen LogP contribution is 2.60. The van der Waals surface area contributed by atoms with E-state index in [1.54, 1.807) is 41.5 Å². The van der Waals surface area contributed by atoms with Gasteiger partial charge in [0.2, 0.25) is 124 Å². The van der Waals surface area contributed by atoms with E-state index in [0.29, 0.717) is 49.9 Å². The molecule has 4 rings (SSSR count). The Hall–Kier alpha value is -10.9. The van der Waals surface area contributed by atoms with E-state index < -0.39 is 234 Å². The van der Waals surface area contributed by atoms with Gasteiger partial charge in [0.05, 0.1) is 5.88 Å². The summed E-state index contributed by atoms with van der Waals surface area (Å²) in [6, 6.07) is -20.4. The van der Waals surface area contributed by atoms with Crippen molar-refractivity contribution in [1.82, 2.24) is 95.7 Å². The molecule has 4 bridgehead atoms. The molecule has 4 aliphatic carbocycles. The smallest absolute Gasteiger partial charge is 0.243 e. The quantitative estimate of drug-likeness (QED) is 0.0204. The van der Waals surface area contributed by atoms with Crippen molar-refractivity contribution in [1.29, 1.82) is 0 Å². The number of primary amides is 3. The summed E-state index contributed by atoms with van der Waals surface area (Å²) < 4.78 is 0. The van der Waals surface area contributed by atoms with Gasteiger partial charge in [-0.3, -0.25) is 101 Å². The number of hydrogen-bond acceptors (Lipinski definition) is 26. The topological polar surface area (TPSA) is 757 Å². The molecule has 15 atom stereocenters. The summed E-state index contributed by atoms with van der Waals surface area (Å²) >= 11 is 1.14. The molecule has 0 aromatic carbocycles. The summed E-state index contributed by atoms with van der Waals surface area (Å²) in [4.78, 5) is 287. The lowest BCUT2D eigenvalue weighted by Gasteiger charge is -2.55. The van der Waals surface area contributed by atoms with Crippen LogP contribution in [0.5, 0.6) is 0 Å². The lowest BCUT2D eigenvalue weighted by molar-refractivity contribution is -0.146. The zero-order valence-corrected chi connectivity index (χ0v) is 85.0. The molecular formula is C93H165N25O21S. The maximum Gasteiger partial charge on any atom is 0.243 e. The van der Waals surface area contributed by atoms with Crippen LogP contribution >= 0.6 is 11.8 Å². The third-order valence-electron chi connectivity index (χ3n) is 24.5. The second kappa shape index (κ2) is 64.5. The van der Waals surface area contributed by atoms with Crippen LogP contribution < -0.4 is 136 Å². The Kier molecular flexibility index (Phi) is 56.8. The van der Waals surface area contributed by atoms with E-state index in [-0.39, 0.29) is 170 Å². The Morgan fingerprint density at radius 2 is 0.543 bits per heavy atom. The molecule has 140 heavy (non-hydrogen) atoms. The van der Waals surface area contributed by atoms with E-state index in [1.165, 1.54) is 34.6 Å². The maximum absolute atomic E-state index is 14.6. The van der Waals surface area contributed by atoms with Crippen molar-refractivity contribution in [3.8, 4) is 0 Å². The first-order chi connectivity index (χ1) is 65.9. The summed E-state index contributed by atoms with van der Waals surface area (Å²) in [5.74, 6) is -15.2. The number of carbonyl (C=O) groups is 21. The van der Waals surface area contributed by atoms with Crippen molar-refractivity contribution in [3.05, 3.63) is 0 Å². The molecule has 794 valence electrons. The summed E-state index contributed by atoms with van der Waals surface area (Å²) in [5, 5.41) is 47.4. The molecule has 4 fully saturated rings. The predicted octanol–water partition coefficient (Wildman–Crippen LogP) is -3.89. The fourth-order valence-corrected chi connectivity index (χ4v) is 18.3. The molecule has 47 heteroatoms. The van der Waals surface area contributed by atoms with Gasteiger partial charge in [0.15, 0.2) is 0 Å². The molecule has 0 spiro atoms. The highest BCUT2D eigenvalue weighted by Gasteiger charge is 2.55. The Labute approximate surface area is 826 Å². The van der Waals surface area contributed by atoms with E-state index in [2.05, 4.69) is 95.7 Å². The van der Waals surface area contributed by atoms with E-state index in [4.69, 9.17) is 40.1 Å². The fourth-order valence-electron chi connectivity index (χ4n) is 17.4. The van der Waals surface area contributed by atoms with Crippen LogP contribution in [0.1, 0.15) is 270 Å². The van der Waals surface area contributed by atoms with Gasteiger partial charge in [-0.25, -0.2) is 0 Å². The van der Waals surface area contributed by atoms with Gasteiger partial charge in [-0.15, -0.1) is 11.8 Å². The molecule has 4 saturated carbocycles. The van der Waals surface area contributed by atoms with Gasteiger partial charge in [-0.05, 0) is 249 Å². The van der Waals surface area contributed by atoms with Crippen molar-refractivity contribution in [2.24, 2.45) is 87.0 Å². The highest BCUT2D eigenvalue weighted by atomic mass is 32.2. The van der Waals surface area contributed by atoms with Crippen LogP contribution in [0.4, 0.5) is 0 Å². The molecule has 32 N–H and O–H groups in total. The predicted molar refractivity (Wildman–Crippen MR) is 524 cm³/mol. The first-order valence-electron chi connectivity index (χ1n) is 49.5. The molecule has 46 nitrogen and oxygen atoms in total. The normalized spacial score (nSPS) is 18.4. The number of amides is 21. The first kappa shape index (κ1) is 123. The molecule has 4 aliphatic rings. The molecular weight excluding hydrogens is 1840 g/mol. The van der Waals surface area contributed by atoms with Crippen molar-refractivity contribution in [3.63, 3.8) is 0 Å². The van der Waals surface area contributed by atoms with E-state index in [9.17, 15) is 101 Å². The van der Waals surface area contributed by atoms with Crippen LogP contribution in [-0.4, -0.2) is 266 Å². The second-order valence-electron chi connectivity index (χ2n) is 39.3. The van der Waals surface area contributed by atoms with Crippen LogP contribution in [0.3, 0.4) is 0 Å². The summed E-state index contributed by atoms with van der Waals surface area (Å²) in [6.07, 6.45) is 6.38. The third kappa shape index (κ3) is 47.1. The molecule has 0 heterocycles. The fraction of sp³-hybridized carbons (Fsp3) is 0.774. The zero-order valence-electron chi connectivity index (χ0n) is 84.2. The summed E-state index contributed by atoms with van der Waals surface area (Å²) in [5.41, 5.74) is 39.6. The SMILES string of the molecule is CC(=O)NCSC[C@H](NC(=O)CCNC(=O)[C@H](C)NC(=O)[C@H](CC(C)C)NC(=O)[C@H](CCCCN)NC(=O)[C@H](CCC(N)=O)NC(=O)[C@H](CCCCN)NC(=O)[C@H](CC(C)C)NC(=O)[C@H](C)NC(=O)[C@H](C)NC(=O)[C@H](CC(C)C)NC(=O)[C@H](CCCCN)NC(=O)[C@H](CCC(N)=O)NC(=O)[C@H](CCCCN)NC(=O)[C@H](CC(C)C)NC(=O)[C@H](C)NC(=O)CCNC(=O)C12CC3CC(CC(C3)C1)C2)C(N)=O. The lowest BCUT2D eigenvalue weighted by atomic mass is 9.49. The van der Waals surface area contributed by atoms with Crippen molar-refractivity contribution >= 4 is 136 Å².